The summed E-state index contributed by atoms with van der Waals surface area (Å²) in [4.78, 5) is 12.0. The standard InChI is InChI=1S/C13H16ClN3O/c1-4-17-11(12(14)10(3)15-17)8-16-7-5-6-9(2)13(16)18/h5-7H,4,8H2,1-3H3. The molecule has 4 nitrogen and oxygen atoms in total. The Labute approximate surface area is 111 Å². The van der Waals surface area contributed by atoms with Crippen LogP contribution in [0.15, 0.2) is 23.1 Å². The topological polar surface area (TPSA) is 39.8 Å². The van der Waals surface area contributed by atoms with Gasteiger partial charge in [-0.25, -0.2) is 0 Å². The largest absolute Gasteiger partial charge is 0.309 e. The molecule has 18 heavy (non-hydrogen) atoms. The van der Waals surface area contributed by atoms with E-state index in [4.69, 9.17) is 11.6 Å². The summed E-state index contributed by atoms with van der Waals surface area (Å²) >= 11 is 6.24. The van der Waals surface area contributed by atoms with Crippen molar-refractivity contribution in [3.05, 3.63) is 50.7 Å². The molecule has 0 amide bonds. The van der Waals surface area contributed by atoms with E-state index in [0.29, 0.717) is 11.6 Å². The number of aryl methyl sites for hydroxylation is 3. The van der Waals surface area contributed by atoms with Gasteiger partial charge in [0.25, 0.3) is 5.56 Å². The lowest BCUT2D eigenvalue weighted by molar-refractivity contribution is 0.591. The van der Waals surface area contributed by atoms with E-state index >= 15 is 0 Å². The van der Waals surface area contributed by atoms with E-state index in [0.717, 1.165) is 23.5 Å². The van der Waals surface area contributed by atoms with Crippen molar-refractivity contribution in [2.45, 2.75) is 33.9 Å². The van der Waals surface area contributed by atoms with Crippen LogP contribution in [0.5, 0.6) is 0 Å². The van der Waals surface area contributed by atoms with Gasteiger partial charge in [0.2, 0.25) is 0 Å². The van der Waals surface area contributed by atoms with Crippen LogP contribution in [0.25, 0.3) is 0 Å². The van der Waals surface area contributed by atoms with Gasteiger partial charge in [0, 0.05) is 18.3 Å². The van der Waals surface area contributed by atoms with Crippen LogP contribution in [0.1, 0.15) is 23.9 Å². The molecule has 0 atom stereocenters. The van der Waals surface area contributed by atoms with Crippen molar-refractivity contribution in [2.75, 3.05) is 0 Å². The summed E-state index contributed by atoms with van der Waals surface area (Å²) in [6.07, 6.45) is 1.77. The van der Waals surface area contributed by atoms with Crippen LogP contribution >= 0.6 is 11.6 Å². The molecule has 2 heterocycles. The molecule has 0 radical (unpaired) electrons. The Hall–Kier alpha value is -1.55. The number of aromatic nitrogens is 3. The highest BCUT2D eigenvalue weighted by molar-refractivity contribution is 6.31. The average Bonchev–Trinajstić information content (AvgIpc) is 2.62. The third kappa shape index (κ3) is 2.20. The fourth-order valence-electron chi connectivity index (χ4n) is 1.96. The first-order valence-corrected chi connectivity index (χ1v) is 6.30. The smallest absolute Gasteiger partial charge is 0.253 e. The summed E-state index contributed by atoms with van der Waals surface area (Å²) in [6, 6.07) is 3.67. The van der Waals surface area contributed by atoms with Crippen molar-refractivity contribution in [1.82, 2.24) is 14.3 Å². The quantitative estimate of drug-likeness (QED) is 0.855. The molecule has 0 unspecified atom stereocenters. The number of pyridine rings is 1. The van der Waals surface area contributed by atoms with Crippen LogP contribution in [0.2, 0.25) is 5.02 Å². The lowest BCUT2D eigenvalue weighted by atomic mass is 10.3. The zero-order chi connectivity index (χ0) is 13.3. The SMILES string of the molecule is CCn1nc(C)c(Cl)c1Cn1cccc(C)c1=O. The van der Waals surface area contributed by atoms with E-state index in [9.17, 15) is 4.79 Å². The third-order valence-electron chi connectivity index (χ3n) is 2.98. The number of halogens is 1. The molecule has 0 aliphatic carbocycles. The van der Waals surface area contributed by atoms with Crippen LogP contribution in [0.4, 0.5) is 0 Å². The van der Waals surface area contributed by atoms with E-state index in [-0.39, 0.29) is 5.56 Å². The maximum atomic E-state index is 12.0. The fraction of sp³-hybridized carbons (Fsp3) is 0.385. The molecule has 2 aromatic heterocycles. The number of rotatable bonds is 3. The van der Waals surface area contributed by atoms with Crippen LogP contribution in [-0.4, -0.2) is 14.3 Å². The van der Waals surface area contributed by atoms with E-state index in [1.807, 2.05) is 37.6 Å². The second-order valence-corrected chi connectivity index (χ2v) is 4.66. The number of nitrogens with zero attached hydrogens (tertiary/aromatic N) is 3. The summed E-state index contributed by atoms with van der Waals surface area (Å²) in [5.74, 6) is 0. The highest BCUT2D eigenvalue weighted by Crippen LogP contribution is 2.20. The zero-order valence-corrected chi connectivity index (χ0v) is 11.5. The lowest BCUT2D eigenvalue weighted by Gasteiger charge is -2.08. The van der Waals surface area contributed by atoms with Gasteiger partial charge in [-0.05, 0) is 26.8 Å². The first-order valence-electron chi connectivity index (χ1n) is 5.92. The Bertz CT molecular complexity index is 628. The summed E-state index contributed by atoms with van der Waals surface area (Å²) < 4.78 is 3.50. The molecule has 0 aliphatic rings. The minimum Gasteiger partial charge on any atom is -0.309 e. The van der Waals surface area contributed by atoms with Gasteiger partial charge in [-0.1, -0.05) is 17.7 Å². The first kappa shape index (κ1) is 12.9. The van der Waals surface area contributed by atoms with Gasteiger partial charge < -0.3 is 4.57 Å². The van der Waals surface area contributed by atoms with E-state index in [1.54, 1.807) is 10.8 Å². The molecular weight excluding hydrogens is 250 g/mol. The predicted molar refractivity (Wildman–Crippen MR) is 72.2 cm³/mol. The Balaban J connectivity index is 2.46. The summed E-state index contributed by atoms with van der Waals surface area (Å²) in [6.45, 7) is 6.88. The Morgan fingerprint density at radius 1 is 1.39 bits per heavy atom. The van der Waals surface area contributed by atoms with Crippen LogP contribution in [0, 0.1) is 13.8 Å². The van der Waals surface area contributed by atoms with Crippen LogP contribution in [0.3, 0.4) is 0 Å². The van der Waals surface area contributed by atoms with Crippen molar-refractivity contribution in [2.24, 2.45) is 0 Å². The highest BCUT2D eigenvalue weighted by atomic mass is 35.5. The maximum absolute atomic E-state index is 12.0. The number of hydrogen-bond acceptors (Lipinski definition) is 2. The Morgan fingerprint density at radius 2 is 2.11 bits per heavy atom. The summed E-state index contributed by atoms with van der Waals surface area (Å²) in [7, 11) is 0. The molecule has 0 saturated carbocycles. The molecule has 0 N–H and O–H groups in total. The fourth-order valence-corrected chi connectivity index (χ4v) is 2.16. The highest BCUT2D eigenvalue weighted by Gasteiger charge is 2.13. The monoisotopic (exact) mass is 265 g/mol. The van der Waals surface area contributed by atoms with Crippen molar-refractivity contribution in [3.63, 3.8) is 0 Å². The minimum absolute atomic E-state index is 0.00933. The van der Waals surface area contributed by atoms with Crippen molar-refractivity contribution < 1.29 is 0 Å². The predicted octanol–water partition coefficient (Wildman–Crippen LogP) is 2.38. The lowest BCUT2D eigenvalue weighted by Crippen LogP contribution is -2.23. The van der Waals surface area contributed by atoms with Gasteiger partial charge in [0.1, 0.15) is 0 Å². The van der Waals surface area contributed by atoms with E-state index < -0.39 is 0 Å². The second-order valence-electron chi connectivity index (χ2n) is 4.29. The van der Waals surface area contributed by atoms with Gasteiger partial charge in [-0.15, -0.1) is 0 Å². The molecule has 0 aromatic carbocycles. The molecule has 0 fully saturated rings. The first-order chi connectivity index (χ1) is 8.54. The normalized spacial score (nSPS) is 10.9. The molecule has 0 bridgehead atoms. The number of hydrogen-bond donors (Lipinski definition) is 0. The molecule has 5 heteroatoms. The van der Waals surface area contributed by atoms with Crippen LogP contribution < -0.4 is 5.56 Å². The molecular formula is C13H16ClN3O. The molecule has 2 aromatic rings. The molecule has 0 spiro atoms. The van der Waals surface area contributed by atoms with E-state index in [1.165, 1.54) is 0 Å². The molecule has 0 saturated heterocycles. The zero-order valence-electron chi connectivity index (χ0n) is 10.8. The van der Waals surface area contributed by atoms with Crippen molar-refractivity contribution in [1.29, 1.82) is 0 Å². The Kier molecular flexibility index (Phi) is 3.57. The van der Waals surface area contributed by atoms with Gasteiger partial charge in [-0.2, -0.15) is 5.10 Å². The van der Waals surface area contributed by atoms with E-state index in [2.05, 4.69) is 5.10 Å². The molecule has 96 valence electrons. The van der Waals surface area contributed by atoms with Gasteiger partial charge in [0.05, 0.1) is 23.0 Å². The second kappa shape index (κ2) is 4.98. The van der Waals surface area contributed by atoms with Gasteiger partial charge in [-0.3, -0.25) is 9.48 Å². The average molecular weight is 266 g/mol. The van der Waals surface area contributed by atoms with Crippen LogP contribution in [-0.2, 0) is 13.1 Å². The molecule has 0 aliphatic heterocycles. The third-order valence-corrected chi connectivity index (χ3v) is 3.48. The van der Waals surface area contributed by atoms with Crippen molar-refractivity contribution >= 4 is 11.6 Å². The summed E-state index contributed by atoms with van der Waals surface area (Å²) in [5.41, 5.74) is 2.42. The Morgan fingerprint density at radius 3 is 2.78 bits per heavy atom. The van der Waals surface area contributed by atoms with Crippen molar-refractivity contribution in [3.8, 4) is 0 Å². The molecule has 2 rings (SSSR count). The van der Waals surface area contributed by atoms with Gasteiger partial charge in [0.15, 0.2) is 0 Å². The minimum atomic E-state index is 0.00933. The van der Waals surface area contributed by atoms with Gasteiger partial charge >= 0.3 is 0 Å². The maximum Gasteiger partial charge on any atom is 0.253 e. The summed E-state index contributed by atoms with van der Waals surface area (Å²) in [5, 5.41) is 4.99.